The SMILES string of the molecule is CC(=O)C1=C(O)c2cccn2C2(CCC2)C1=O. The average molecular weight is 231 g/mol. The number of nitrogens with zero attached hydrogens (tertiary/aromatic N) is 1. The second-order valence-electron chi connectivity index (χ2n) is 4.76. The van der Waals surface area contributed by atoms with E-state index in [-0.39, 0.29) is 22.9 Å². The number of ketones is 2. The van der Waals surface area contributed by atoms with Gasteiger partial charge in [0.1, 0.15) is 11.1 Å². The highest BCUT2D eigenvalue weighted by atomic mass is 16.3. The van der Waals surface area contributed by atoms with Crippen molar-refractivity contribution in [1.82, 2.24) is 4.57 Å². The molecular formula is C13H13NO3. The number of carbonyl (C=O) groups excluding carboxylic acids is 2. The molecule has 1 fully saturated rings. The van der Waals surface area contributed by atoms with Gasteiger partial charge in [-0.05, 0) is 38.3 Å². The third kappa shape index (κ3) is 1.07. The summed E-state index contributed by atoms with van der Waals surface area (Å²) in [5.74, 6) is -0.756. The fourth-order valence-corrected chi connectivity index (χ4v) is 2.83. The molecule has 0 saturated heterocycles. The fraction of sp³-hybridized carbons (Fsp3) is 0.385. The molecule has 0 atom stereocenters. The predicted molar refractivity (Wildman–Crippen MR) is 61.5 cm³/mol. The van der Waals surface area contributed by atoms with Crippen LogP contribution >= 0.6 is 0 Å². The summed E-state index contributed by atoms with van der Waals surface area (Å²) in [6.07, 6.45) is 4.28. The average Bonchev–Trinajstić information content (AvgIpc) is 2.64. The minimum absolute atomic E-state index is 0.0316. The number of hydrogen-bond donors (Lipinski definition) is 1. The van der Waals surface area contributed by atoms with Gasteiger partial charge in [0.05, 0.1) is 5.69 Å². The summed E-state index contributed by atoms with van der Waals surface area (Å²) in [5.41, 5.74) is -0.0584. The van der Waals surface area contributed by atoms with Gasteiger partial charge >= 0.3 is 0 Å². The van der Waals surface area contributed by atoms with E-state index in [2.05, 4.69) is 0 Å². The molecule has 1 spiro atoms. The largest absolute Gasteiger partial charge is 0.505 e. The molecule has 1 aromatic heterocycles. The van der Waals surface area contributed by atoms with Gasteiger partial charge < -0.3 is 9.67 Å². The molecule has 17 heavy (non-hydrogen) atoms. The molecule has 4 heteroatoms. The molecule has 1 aliphatic carbocycles. The van der Waals surface area contributed by atoms with Crippen LogP contribution in [0.4, 0.5) is 0 Å². The number of carbonyl (C=O) groups is 2. The third-order valence-electron chi connectivity index (χ3n) is 3.87. The number of fused-ring (bicyclic) bond motifs is 2. The Balaban J connectivity index is 2.29. The van der Waals surface area contributed by atoms with Gasteiger partial charge in [0.25, 0.3) is 0 Å². The highest BCUT2D eigenvalue weighted by Crippen LogP contribution is 2.47. The van der Waals surface area contributed by atoms with Crippen molar-refractivity contribution in [2.45, 2.75) is 31.7 Å². The fourth-order valence-electron chi connectivity index (χ4n) is 2.83. The molecule has 2 heterocycles. The molecule has 0 radical (unpaired) electrons. The lowest BCUT2D eigenvalue weighted by Gasteiger charge is -2.45. The van der Waals surface area contributed by atoms with Crippen LogP contribution in [0.25, 0.3) is 5.76 Å². The Kier molecular flexibility index (Phi) is 1.88. The van der Waals surface area contributed by atoms with Crippen LogP contribution in [-0.4, -0.2) is 21.2 Å². The van der Waals surface area contributed by atoms with Crippen molar-refractivity contribution in [2.75, 3.05) is 0 Å². The van der Waals surface area contributed by atoms with E-state index in [1.54, 1.807) is 18.3 Å². The summed E-state index contributed by atoms with van der Waals surface area (Å²) in [6.45, 7) is 1.33. The zero-order chi connectivity index (χ0) is 12.2. The molecule has 2 aliphatic rings. The van der Waals surface area contributed by atoms with E-state index >= 15 is 0 Å². The van der Waals surface area contributed by atoms with E-state index in [9.17, 15) is 14.7 Å². The quantitative estimate of drug-likeness (QED) is 0.750. The minimum Gasteiger partial charge on any atom is -0.505 e. The molecule has 0 bridgehead atoms. The Bertz CT molecular complexity index is 561. The summed E-state index contributed by atoms with van der Waals surface area (Å²) in [4.78, 5) is 23.9. The normalized spacial score (nSPS) is 21.4. The highest BCUT2D eigenvalue weighted by Gasteiger charge is 2.51. The molecule has 4 nitrogen and oxygen atoms in total. The van der Waals surface area contributed by atoms with Crippen molar-refractivity contribution in [3.05, 3.63) is 29.6 Å². The van der Waals surface area contributed by atoms with Gasteiger partial charge in [-0.2, -0.15) is 0 Å². The van der Waals surface area contributed by atoms with Gasteiger partial charge in [-0.3, -0.25) is 9.59 Å². The van der Waals surface area contributed by atoms with E-state index in [4.69, 9.17) is 0 Å². The molecular weight excluding hydrogens is 218 g/mol. The first-order chi connectivity index (χ1) is 8.08. The first-order valence-electron chi connectivity index (χ1n) is 5.75. The van der Waals surface area contributed by atoms with E-state index in [1.165, 1.54) is 6.92 Å². The van der Waals surface area contributed by atoms with Crippen LogP contribution in [0.15, 0.2) is 23.9 Å². The highest BCUT2D eigenvalue weighted by molar-refractivity contribution is 6.27. The van der Waals surface area contributed by atoms with Crippen LogP contribution in [0.5, 0.6) is 0 Å². The number of aliphatic hydroxyl groups excluding tert-OH is 1. The standard InChI is InChI=1S/C13H13NO3/c1-8(15)10-11(16)9-4-2-7-14(9)13(12(10)17)5-3-6-13/h2,4,7,16H,3,5-6H2,1H3. The molecule has 1 aromatic rings. The molecule has 88 valence electrons. The van der Waals surface area contributed by atoms with Gasteiger partial charge in [-0.1, -0.05) is 0 Å². The minimum atomic E-state index is -0.605. The maximum atomic E-state index is 12.4. The molecule has 1 N–H and O–H groups in total. The predicted octanol–water partition coefficient (Wildman–Crippen LogP) is 1.81. The summed E-state index contributed by atoms with van der Waals surface area (Å²) in [5, 5.41) is 10.0. The van der Waals surface area contributed by atoms with E-state index in [0.29, 0.717) is 5.69 Å². The van der Waals surface area contributed by atoms with Gasteiger partial charge in [-0.15, -0.1) is 0 Å². The summed E-state index contributed by atoms with van der Waals surface area (Å²) >= 11 is 0. The second-order valence-corrected chi connectivity index (χ2v) is 4.76. The van der Waals surface area contributed by atoms with Crippen molar-refractivity contribution in [3.8, 4) is 0 Å². The Morgan fingerprint density at radius 2 is 2.18 bits per heavy atom. The van der Waals surface area contributed by atoms with Crippen molar-refractivity contribution >= 4 is 17.3 Å². The topological polar surface area (TPSA) is 59.3 Å². The van der Waals surface area contributed by atoms with Crippen LogP contribution in [0.1, 0.15) is 31.9 Å². The first kappa shape index (κ1) is 10.3. The zero-order valence-corrected chi connectivity index (χ0v) is 9.56. The van der Waals surface area contributed by atoms with Crippen LogP contribution in [-0.2, 0) is 15.1 Å². The summed E-state index contributed by atoms with van der Waals surface area (Å²) in [7, 11) is 0. The zero-order valence-electron chi connectivity index (χ0n) is 9.56. The number of Topliss-reactive ketones (excluding diaryl/α,β-unsaturated/α-hetero) is 2. The van der Waals surface area contributed by atoms with Crippen molar-refractivity contribution in [2.24, 2.45) is 0 Å². The number of aliphatic hydroxyl groups is 1. The molecule has 0 aromatic carbocycles. The maximum Gasteiger partial charge on any atom is 0.196 e. The molecule has 3 rings (SSSR count). The van der Waals surface area contributed by atoms with E-state index in [1.807, 2.05) is 4.57 Å². The lowest BCUT2D eigenvalue weighted by atomic mass is 9.69. The number of rotatable bonds is 1. The van der Waals surface area contributed by atoms with Crippen molar-refractivity contribution < 1.29 is 14.7 Å². The molecule has 0 amide bonds. The smallest absolute Gasteiger partial charge is 0.196 e. The Labute approximate surface area is 98.6 Å². The van der Waals surface area contributed by atoms with Gasteiger partial charge in [0.15, 0.2) is 17.3 Å². The summed E-state index contributed by atoms with van der Waals surface area (Å²) in [6, 6.07) is 3.53. The van der Waals surface area contributed by atoms with Gasteiger partial charge in [-0.25, -0.2) is 0 Å². The van der Waals surface area contributed by atoms with E-state index in [0.717, 1.165) is 19.3 Å². The monoisotopic (exact) mass is 231 g/mol. The van der Waals surface area contributed by atoms with Crippen molar-refractivity contribution in [1.29, 1.82) is 0 Å². The number of allylic oxidation sites excluding steroid dienone is 1. The van der Waals surface area contributed by atoms with Gasteiger partial charge in [0, 0.05) is 6.20 Å². The Hall–Kier alpha value is -1.84. The first-order valence-corrected chi connectivity index (χ1v) is 5.75. The molecule has 0 unspecified atom stereocenters. The lowest BCUT2D eigenvalue weighted by Crippen LogP contribution is -2.51. The summed E-state index contributed by atoms with van der Waals surface area (Å²) < 4.78 is 1.82. The van der Waals surface area contributed by atoms with Crippen LogP contribution in [0.2, 0.25) is 0 Å². The Morgan fingerprint density at radius 1 is 1.47 bits per heavy atom. The van der Waals surface area contributed by atoms with Crippen molar-refractivity contribution in [3.63, 3.8) is 0 Å². The number of hydrogen-bond acceptors (Lipinski definition) is 3. The van der Waals surface area contributed by atoms with Crippen LogP contribution in [0.3, 0.4) is 0 Å². The van der Waals surface area contributed by atoms with E-state index < -0.39 is 5.54 Å². The second kappa shape index (κ2) is 3.09. The number of aromatic nitrogens is 1. The van der Waals surface area contributed by atoms with Crippen LogP contribution < -0.4 is 0 Å². The van der Waals surface area contributed by atoms with Gasteiger partial charge in [0.2, 0.25) is 0 Å². The lowest BCUT2D eigenvalue weighted by molar-refractivity contribution is -0.130. The molecule has 1 saturated carbocycles. The molecule has 1 aliphatic heterocycles. The maximum absolute atomic E-state index is 12.4. The Morgan fingerprint density at radius 3 is 2.71 bits per heavy atom. The third-order valence-corrected chi connectivity index (χ3v) is 3.87. The van der Waals surface area contributed by atoms with Crippen LogP contribution in [0, 0.1) is 0 Å².